The monoisotopic (exact) mass is 418 g/mol. The van der Waals surface area contributed by atoms with E-state index in [-0.39, 0.29) is 6.04 Å². The van der Waals surface area contributed by atoms with E-state index in [1.807, 2.05) is 25.1 Å². The van der Waals surface area contributed by atoms with Crippen LogP contribution >= 0.6 is 0 Å². The first-order valence-corrected chi connectivity index (χ1v) is 11.1. The highest BCUT2D eigenvalue weighted by Gasteiger charge is 2.21. The van der Waals surface area contributed by atoms with Gasteiger partial charge < -0.3 is 20.3 Å². The molecule has 168 valence electrons. The van der Waals surface area contributed by atoms with Crippen LogP contribution in [0, 0.1) is 12.8 Å². The molecule has 2 amide bonds. The van der Waals surface area contributed by atoms with Crippen molar-refractivity contribution in [3.8, 4) is 0 Å². The van der Waals surface area contributed by atoms with E-state index in [1.54, 1.807) is 0 Å². The first-order valence-electron chi connectivity index (χ1n) is 11.1. The molecule has 0 aliphatic carbocycles. The molecule has 7 heteroatoms. The summed E-state index contributed by atoms with van der Waals surface area (Å²) in [6.07, 6.45) is 0.978. The van der Waals surface area contributed by atoms with E-state index in [0.29, 0.717) is 18.2 Å². The third-order valence-corrected chi connectivity index (χ3v) is 5.61. The number of anilines is 2. The molecule has 1 aromatic carbocycles. The molecule has 2 rings (SSSR count). The lowest BCUT2D eigenvalue weighted by atomic mass is 10.0. The van der Waals surface area contributed by atoms with Gasteiger partial charge in [-0.05, 0) is 56.1 Å². The molecule has 7 nitrogen and oxygen atoms in total. The van der Waals surface area contributed by atoms with Gasteiger partial charge in [-0.15, -0.1) is 0 Å². The highest BCUT2D eigenvalue weighted by Crippen LogP contribution is 2.23. The summed E-state index contributed by atoms with van der Waals surface area (Å²) in [5.41, 5.74) is 2.70. The lowest BCUT2D eigenvalue weighted by Gasteiger charge is -2.31. The summed E-state index contributed by atoms with van der Waals surface area (Å²) in [5, 5.41) is 5.58. The summed E-state index contributed by atoms with van der Waals surface area (Å²) < 4.78 is 5.40. The number of amides is 2. The highest BCUT2D eigenvalue weighted by molar-refractivity contribution is 6.39. The normalized spacial score (nSPS) is 15.4. The molecule has 0 saturated carbocycles. The standard InChI is InChI=1S/C23H38N4O3/c1-6-26(7-2)20(14-17(3)4)16-24-22(28)23(29)25-21-9-8-19(15-18(21)5)27-10-12-30-13-11-27/h8-9,15,17,20H,6-7,10-14,16H2,1-5H3,(H,24,28)(H,25,29)/t20-/m0/s1. The Morgan fingerprint density at radius 3 is 2.37 bits per heavy atom. The van der Waals surface area contributed by atoms with Crippen molar-refractivity contribution in [2.75, 3.05) is 56.2 Å². The molecule has 0 radical (unpaired) electrons. The van der Waals surface area contributed by atoms with Crippen molar-refractivity contribution in [3.63, 3.8) is 0 Å². The molecule has 0 aromatic heterocycles. The summed E-state index contributed by atoms with van der Waals surface area (Å²) in [6, 6.07) is 6.11. The average Bonchev–Trinajstić information content (AvgIpc) is 2.74. The zero-order chi connectivity index (χ0) is 22.1. The van der Waals surface area contributed by atoms with E-state index >= 15 is 0 Å². The maximum atomic E-state index is 12.4. The fourth-order valence-corrected chi connectivity index (χ4v) is 3.92. The number of carbonyl (C=O) groups is 2. The van der Waals surface area contributed by atoms with E-state index in [2.05, 4.69) is 48.1 Å². The molecular weight excluding hydrogens is 380 g/mol. The number of ether oxygens (including phenoxy) is 1. The molecule has 1 aromatic rings. The molecule has 2 N–H and O–H groups in total. The molecular formula is C23H38N4O3. The SMILES string of the molecule is CCN(CC)[C@H](CNC(=O)C(=O)Nc1ccc(N2CCOCC2)cc1C)CC(C)C. The summed E-state index contributed by atoms with van der Waals surface area (Å²) in [5.74, 6) is -0.693. The quantitative estimate of drug-likeness (QED) is 0.603. The minimum Gasteiger partial charge on any atom is -0.378 e. The molecule has 1 aliphatic heterocycles. The molecule has 1 aliphatic rings. The van der Waals surface area contributed by atoms with Crippen LogP contribution in [0.1, 0.15) is 39.7 Å². The zero-order valence-corrected chi connectivity index (χ0v) is 19.2. The number of benzene rings is 1. The van der Waals surface area contributed by atoms with E-state index in [0.717, 1.165) is 57.1 Å². The van der Waals surface area contributed by atoms with Gasteiger partial charge in [0.1, 0.15) is 0 Å². The van der Waals surface area contributed by atoms with Gasteiger partial charge in [0.25, 0.3) is 0 Å². The first-order chi connectivity index (χ1) is 14.3. The van der Waals surface area contributed by atoms with Crippen LogP contribution in [0.4, 0.5) is 11.4 Å². The first kappa shape index (κ1) is 24.2. The van der Waals surface area contributed by atoms with Gasteiger partial charge in [0.2, 0.25) is 0 Å². The Hall–Kier alpha value is -2.12. The Balaban J connectivity index is 1.93. The topological polar surface area (TPSA) is 73.9 Å². The summed E-state index contributed by atoms with van der Waals surface area (Å²) in [7, 11) is 0. The van der Waals surface area contributed by atoms with Crippen molar-refractivity contribution in [2.45, 2.75) is 47.1 Å². The Morgan fingerprint density at radius 2 is 1.80 bits per heavy atom. The minimum atomic E-state index is -0.625. The number of rotatable bonds is 9. The molecule has 1 heterocycles. The van der Waals surface area contributed by atoms with Crippen LogP contribution in [0.3, 0.4) is 0 Å². The second kappa shape index (κ2) is 11.9. The number of nitrogens with zero attached hydrogens (tertiary/aromatic N) is 2. The van der Waals surface area contributed by atoms with Gasteiger partial charge in [-0.25, -0.2) is 0 Å². The molecule has 30 heavy (non-hydrogen) atoms. The second-order valence-electron chi connectivity index (χ2n) is 8.27. The Bertz CT molecular complexity index is 698. The van der Waals surface area contributed by atoms with E-state index in [9.17, 15) is 9.59 Å². The number of carbonyl (C=O) groups excluding carboxylic acids is 2. The van der Waals surface area contributed by atoms with E-state index < -0.39 is 11.8 Å². The van der Waals surface area contributed by atoms with Crippen molar-refractivity contribution in [2.24, 2.45) is 5.92 Å². The average molecular weight is 419 g/mol. The lowest BCUT2D eigenvalue weighted by Crippen LogP contribution is -2.46. The molecule has 0 spiro atoms. The smallest absolute Gasteiger partial charge is 0.313 e. The minimum absolute atomic E-state index is 0.228. The van der Waals surface area contributed by atoms with Gasteiger partial charge in [0, 0.05) is 37.1 Å². The molecule has 1 saturated heterocycles. The third kappa shape index (κ3) is 6.99. The Kier molecular flexibility index (Phi) is 9.59. The summed E-state index contributed by atoms with van der Waals surface area (Å²) >= 11 is 0. The summed E-state index contributed by atoms with van der Waals surface area (Å²) in [4.78, 5) is 29.4. The van der Waals surface area contributed by atoms with E-state index in [4.69, 9.17) is 4.74 Å². The largest absolute Gasteiger partial charge is 0.378 e. The van der Waals surface area contributed by atoms with Crippen LogP contribution < -0.4 is 15.5 Å². The van der Waals surface area contributed by atoms with Gasteiger partial charge in [0.05, 0.1) is 13.2 Å². The number of aryl methyl sites for hydroxylation is 1. The molecule has 0 bridgehead atoms. The number of hydrogen-bond donors (Lipinski definition) is 2. The number of nitrogens with one attached hydrogen (secondary N) is 2. The van der Waals surface area contributed by atoms with E-state index in [1.165, 1.54) is 0 Å². The predicted molar refractivity (Wildman–Crippen MR) is 122 cm³/mol. The maximum Gasteiger partial charge on any atom is 0.313 e. The predicted octanol–water partition coefficient (Wildman–Crippen LogP) is 2.64. The number of hydrogen-bond acceptors (Lipinski definition) is 5. The van der Waals surface area contributed by atoms with Gasteiger partial charge in [-0.2, -0.15) is 0 Å². The number of likely N-dealkylation sites (N-methyl/N-ethyl adjacent to an activating group) is 1. The van der Waals surface area contributed by atoms with Crippen LogP contribution in [0.5, 0.6) is 0 Å². The fourth-order valence-electron chi connectivity index (χ4n) is 3.92. The van der Waals surface area contributed by atoms with Crippen molar-refractivity contribution >= 4 is 23.2 Å². The second-order valence-corrected chi connectivity index (χ2v) is 8.27. The van der Waals surface area contributed by atoms with Crippen molar-refractivity contribution in [1.29, 1.82) is 0 Å². The van der Waals surface area contributed by atoms with Crippen LogP contribution in [0.15, 0.2) is 18.2 Å². The zero-order valence-electron chi connectivity index (χ0n) is 19.2. The fraction of sp³-hybridized carbons (Fsp3) is 0.652. The van der Waals surface area contributed by atoms with Crippen LogP contribution in [-0.4, -0.2) is 68.7 Å². The Morgan fingerprint density at radius 1 is 1.13 bits per heavy atom. The number of morpholine rings is 1. The van der Waals surface area contributed by atoms with Gasteiger partial charge in [-0.1, -0.05) is 27.7 Å². The summed E-state index contributed by atoms with van der Waals surface area (Å²) in [6.45, 7) is 16.0. The third-order valence-electron chi connectivity index (χ3n) is 5.61. The molecule has 1 atom stereocenters. The maximum absolute atomic E-state index is 12.4. The van der Waals surface area contributed by atoms with Crippen LogP contribution in [0.2, 0.25) is 0 Å². The van der Waals surface area contributed by atoms with Gasteiger partial charge in [-0.3, -0.25) is 14.5 Å². The molecule has 0 unspecified atom stereocenters. The van der Waals surface area contributed by atoms with Crippen LogP contribution in [0.25, 0.3) is 0 Å². The van der Waals surface area contributed by atoms with Gasteiger partial charge in [0.15, 0.2) is 0 Å². The molecule has 1 fully saturated rings. The Labute approximate surface area is 181 Å². The van der Waals surface area contributed by atoms with Gasteiger partial charge >= 0.3 is 11.8 Å². The van der Waals surface area contributed by atoms with Crippen molar-refractivity contribution < 1.29 is 14.3 Å². The van der Waals surface area contributed by atoms with Crippen molar-refractivity contribution in [3.05, 3.63) is 23.8 Å². The van der Waals surface area contributed by atoms with Crippen molar-refractivity contribution in [1.82, 2.24) is 10.2 Å². The lowest BCUT2D eigenvalue weighted by molar-refractivity contribution is -0.136. The highest BCUT2D eigenvalue weighted by atomic mass is 16.5. The van der Waals surface area contributed by atoms with Crippen LogP contribution in [-0.2, 0) is 14.3 Å².